The highest BCUT2D eigenvalue weighted by molar-refractivity contribution is 5.80. The van der Waals surface area contributed by atoms with Gasteiger partial charge in [0, 0.05) is 44.5 Å². The van der Waals surface area contributed by atoms with E-state index in [1.165, 1.54) is 10.9 Å². The van der Waals surface area contributed by atoms with Crippen molar-refractivity contribution in [3.05, 3.63) is 29.5 Å². The zero-order valence-electron chi connectivity index (χ0n) is 11.5. The fourth-order valence-corrected chi connectivity index (χ4v) is 2.63. The highest BCUT2D eigenvalue weighted by Gasteiger charge is 2.12. The summed E-state index contributed by atoms with van der Waals surface area (Å²) in [7, 11) is 0. The molecule has 0 bridgehead atoms. The molecule has 0 aliphatic carbocycles. The van der Waals surface area contributed by atoms with E-state index < -0.39 is 0 Å². The van der Waals surface area contributed by atoms with Gasteiger partial charge in [-0.25, -0.2) is 0 Å². The number of aromatic nitrogens is 1. The van der Waals surface area contributed by atoms with Gasteiger partial charge in [0.15, 0.2) is 5.58 Å². The lowest BCUT2D eigenvalue weighted by Crippen LogP contribution is -2.44. The van der Waals surface area contributed by atoms with Gasteiger partial charge in [-0.2, -0.15) is 0 Å². The Bertz CT molecular complexity index is 543. The van der Waals surface area contributed by atoms with E-state index in [1.807, 2.05) is 0 Å². The van der Waals surface area contributed by atoms with Gasteiger partial charge < -0.3 is 14.7 Å². The summed E-state index contributed by atoms with van der Waals surface area (Å²) < 4.78 is 5.45. The molecule has 0 amide bonds. The van der Waals surface area contributed by atoms with Crippen LogP contribution in [0.2, 0.25) is 0 Å². The van der Waals surface area contributed by atoms with E-state index in [-0.39, 0.29) is 0 Å². The molecule has 0 unspecified atom stereocenters. The summed E-state index contributed by atoms with van der Waals surface area (Å²) in [4.78, 5) is 2.48. The van der Waals surface area contributed by atoms with Crippen LogP contribution in [0.3, 0.4) is 0 Å². The molecule has 2 heterocycles. The first-order valence-electron chi connectivity index (χ1n) is 7.17. The summed E-state index contributed by atoms with van der Waals surface area (Å²) in [6.45, 7) is 7.69. The molecule has 1 aromatic heterocycles. The molecule has 19 heavy (non-hydrogen) atoms. The van der Waals surface area contributed by atoms with Crippen LogP contribution in [0.5, 0.6) is 0 Å². The summed E-state index contributed by atoms with van der Waals surface area (Å²) in [5, 5.41) is 8.79. The number of nitrogens with one attached hydrogen (secondary N) is 1. The molecule has 4 heteroatoms. The van der Waals surface area contributed by atoms with Crippen LogP contribution < -0.4 is 5.32 Å². The van der Waals surface area contributed by atoms with Crippen molar-refractivity contribution in [3.63, 3.8) is 0 Å². The van der Waals surface area contributed by atoms with E-state index >= 15 is 0 Å². The monoisotopic (exact) mass is 259 g/mol. The lowest BCUT2D eigenvalue weighted by molar-refractivity contribution is 0.242. The van der Waals surface area contributed by atoms with E-state index in [2.05, 4.69) is 40.5 Å². The second kappa shape index (κ2) is 5.72. The first-order chi connectivity index (χ1) is 9.36. The van der Waals surface area contributed by atoms with Gasteiger partial charge >= 0.3 is 0 Å². The number of hydrogen-bond acceptors (Lipinski definition) is 4. The van der Waals surface area contributed by atoms with Crippen LogP contribution in [0.15, 0.2) is 22.7 Å². The van der Waals surface area contributed by atoms with E-state index in [1.54, 1.807) is 0 Å². The Morgan fingerprint density at radius 1 is 1.32 bits per heavy atom. The summed E-state index contributed by atoms with van der Waals surface area (Å²) in [6, 6.07) is 6.43. The van der Waals surface area contributed by atoms with Crippen LogP contribution >= 0.6 is 0 Å². The molecule has 1 N–H and O–H groups in total. The van der Waals surface area contributed by atoms with Gasteiger partial charge in [-0.3, -0.25) is 0 Å². The van der Waals surface area contributed by atoms with Gasteiger partial charge in [-0.15, -0.1) is 0 Å². The van der Waals surface area contributed by atoms with E-state index in [9.17, 15) is 0 Å². The molecule has 1 aliphatic heterocycles. The largest absolute Gasteiger partial charge is 0.356 e. The molecule has 1 saturated heterocycles. The molecular weight excluding hydrogens is 238 g/mol. The number of aryl methyl sites for hydroxylation is 1. The average molecular weight is 259 g/mol. The van der Waals surface area contributed by atoms with Crippen LogP contribution in [0.25, 0.3) is 11.0 Å². The lowest BCUT2D eigenvalue weighted by Gasteiger charge is -2.26. The van der Waals surface area contributed by atoms with Crippen molar-refractivity contribution in [2.24, 2.45) is 0 Å². The van der Waals surface area contributed by atoms with Crippen molar-refractivity contribution in [3.8, 4) is 0 Å². The molecule has 0 radical (unpaired) electrons. The van der Waals surface area contributed by atoms with Gasteiger partial charge in [0.2, 0.25) is 0 Å². The highest BCUT2D eigenvalue weighted by Crippen LogP contribution is 2.20. The maximum absolute atomic E-state index is 5.45. The van der Waals surface area contributed by atoms with Crippen molar-refractivity contribution in [2.75, 3.05) is 32.7 Å². The molecule has 102 valence electrons. The van der Waals surface area contributed by atoms with E-state index in [4.69, 9.17) is 4.52 Å². The molecule has 1 aromatic carbocycles. The minimum atomic E-state index is 0.926. The van der Waals surface area contributed by atoms with Crippen LogP contribution in [0.1, 0.15) is 18.2 Å². The number of rotatable bonds is 4. The smallest absolute Gasteiger partial charge is 0.167 e. The zero-order chi connectivity index (χ0) is 13.1. The molecular formula is C15H21N3O. The number of hydrogen-bond donors (Lipinski definition) is 1. The molecule has 1 aliphatic rings. The average Bonchev–Trinajstić information content (AvgIpc) is 2.88. The fraction of sp³-hybridized carbons (Fsp3) is 0.533. The van der Waals surface area contributed by atoms with Gasteiger partial charge in [-0.05, 0) is 24.1 Å². The Kier molecular flexibility index (Phi) is 3.80. The SMILES string of the molecule is CCc1ccc2c(CCN3CCNCC3)noc2c1. The van der Waals surface area contributed by atoms with Crippen molar-refractivity contribution < 1.29 is 4.52 Å². The summed E-state index contributed by atoms with van der Waals surface area (Å²) >= 11 is 0. The third-order valence-electron chi connectivity index (χ3n) is 3.89. The molecule has 0 saturated carbocycles. The summed E-state index contributed by atoms with van der Waals surface area (Å²) in [6.07, 6.45) is 2.01. The number of fused-ring (bicyclic) bond motifs is 1. The van der Waals surface area contributed by atoms with Crippen LogP contribution in [0, 0.1) is 0 Å². The maximum Gasteiger partial charge on any atom is 0.167 e. The van der Waals surface area contributed by atoms with E-state index in [0.29, 0.717) is 0 Å². The lowest BCUT2D eigenvalue weighted by atomic mass is 10.1. The van der Waals surface area contributed by atoms with Crippen LogP contribution in [0.4, 0.5) is 0 Å². The Balaban J connectivity index is 1.70. The minimum Gasteiger partial charge on any atom is -0.356 e. The zero-order valence-corrected chi connectivity index (χ0v) is 11.5. The van der Waals surface area contributed by atoms with Gasteiger partial charge in [-0.1, -0.05) is 18.1 Å². The second-order valence-electron chi connectivity index (χ2n) is 5.15. The predicted octanol–water partition coefficient (Wildman–Crippen LogP) is 1.84. The molecule has 3 rings (SSSR count). The number of piperazine rings is 1. The first kappa shape index (κ1) is 12.6. The first-order valence-corrected chi connectivity index (χ1v) is 7.17. The van der Waals surface area contributed by atoms with Gasteiger partial charge in [0.25, 0.3) is 0 Å². The van der Waals surface area contributed by atoms with Crippen LogP contribution in [-0.2, 0) is 12.8 Å². The Labute approximate surface area is 113 Å². The Morgan fingerprint density at radius 3 is 2.95 bits per heavy atom. The third-order valence-corrected chi connectivity index (χ3v) is 3.89. The Hall–Kier alpha value is -1.39. The molecule has 0 atom stereocenters. The number of nitrogens with zero attached hydrogens (tertiary/aromatic N) is 2. The van der Waals surface area contributed by atoms with Crippen LogP contribution in [-0.4, -0.2) is 42.8 Å². The molecule has 0 spiro atoms. The van der Waals surface area contributed by atoms with Crippen molar-refractivity contribution >= 4 is 11.0 Å². The standard InChI is InChI=1S/C15H21N3O/c1-2-12-3-4-13-14(17-19-15(13)11-12)5-8-18-9-6-16-7-10-18/h3-4,11,16H,2,5-10H2,1H3. The molecule has 2 aromatic rings. The van der Waals surface area contributed by atoms with Crippen molar-refractivity contribution in [2.45, 2.75) is 19.8 Å². The minimum absolute atomic E-state index is 0.926. The Morgan fingerprint density at radius 2 is 2.16 bits per heavy atom. The van der Waals surface area contributed by atoms with Gasteiger partial charge in [0.1, 0.15) is 0 Å². The van der Waals surface area contributed by atoms with Crippen molar-refractivity contribution in [1.29, 1.82) is 0 Å². The summed E-state index contributed by atoms with van der Waals surface area (Å²) in [5.41, 5.74) is 3.32. The quantitative estimate of drug-likeness (QED) is 0.909. The molecule has 4 nitrogen and oxygen atoms in total. The maximum atomic E-state index is 5.45. The van der Waals surface area contributed by atoms with Gasteiger partial charge in [0.05, 0.1) is 5.69 Å². The van der Waals surface area contributed by atoms with Crippen molar-refractivity contribution in [1.82, 2.24) is 15.4 Å². The van der Waals surface area contributed by atoms with E-state index in [0.717, 1.165) is 56.8 Å². The normalized spacial score (nSPS) is 17.1. The second-order valence-corrected chi connectivity index (χ2v) is 5.15. The summed E-state index contributed by atoms with van der Waals surface area (Å²) in [5.74, 6) is 0. The topological polar surface area (TPSA) is 41.3 Å². The third kappa shape index (κ3) is 2.80. The molecule has 1 fully saturated rings. The highest BCUT2D eigenvalue weighted by atomic mass is 16.5. The fourth-order valence-electron chi connectivity index (χ4n) is 2.63. The predicted molar refractivity (Wildman–Crippen MR) is 76.4 cm³/mol. The number of benzene rings is 1.